The number of aromatic nitrogens is 1. The van der Waals surface area contributed by atoms with Gasteiger partial charge >= 0.3 is 6.18 Å². The minimum absolute atomic E-state index is 0.126. The van der Waals surface area contributed by atoms with Gasteiger partial charge in [-0.1, -0.05) is 24.3 Å². The van der Waals surface area contributed by atoms with E-state index in [0.717, 1.165) is 0 Å². The van der Waals surface area contributed by atoms with E-state index in [4.69, 9.17) is 4.74 Å². The summed E-state index contributed by atoms with van der Waals surface area (Å²) in [6.07, 6.45) is -2.82. The molecule has 0 bridgehead atoms. The average Bonchev–Trinajstić information content (AvgIpc) is 2.39. The summed E-state index contributed by atoms with van der Waals surface area (Å²) in [5.74, 6) is 0.126. The first-order chi connectivity index (χ1) is 9.46. The van der Waals surface area contributed by atoms with Crippen LogP contribution in [-0.4, -0.2) is 17.4 Å². The van der Waals surface area contributed by atoms with Crippen molar-refractivity contribution in [3.05, 3.63) is 64.6 Å². The van der Waals surface area contributed by atoms with Crippen molar-refractivity contribution in [2.45, 2.75) is 12.7 Å². The van der Waals surface area contributed by atoms with Gasteiger partial charge in [0.2, 0.25) is 0 Å². The summed E-state index contributed by atoms with van der Waals surface area (Å²) in [5.41, 5.74) is 0.295. The van der Waals surface area contributed by atoms with Crippen LogP contribution in [0.5, 0.6) is 5.75 Å². The van der Waals surface area contributed by atoms with Crippen molar-refractivity contribution in [2.24, 2.45) is 0 Å². The van der Waals surface area contributed by atoms with Gasteiger partial charge < -0.3 is 9.30 Å². The Hall–Kier alpha value is -2.24. The first-order valence-corrected chi connectivity index (χ1v) is 5.89. The molecule has 2 rings (SSSR count). The number of alkyl halides is 3. The normalized spacial score (nSPS) is 11.3. The van der Waals surface area contributed by atoms with Crippen molar-refractivity contribution >= 4 is 0 Å². The van der Waals surface area contributed by atoms with Gasteiger partial charge in [-0.25, -0.2) is 0 Å². The van der Waals surface area contributed by atoms with E-state index in [9.17, 15) is 18.0 Å². The molecule has 1 aromatic carbocycles. The summed E-state index contributed by atoms with van der Waals surface area (Å²) in [5, 5.41) is 0. The maximum atomic E-state index is 12.2. The highest BCUT2D eigenvalue weighted by atomic mass is 19.4. The van der Waals surface area contributed by atoms with E-state index in [1.807, 2.05) is 0 Å². The molecule has 0 saturated heterocycles. The Bertz CT molecular complexity index is 635. The molecule has 0 radical (unpaired) electrons. The quantitative estimate of drug-likeness (QED) is 0.864. The molecule has 0 spiro atoms. The van der Waals surface area contributed by atoms with Gasteiger partial charge in [0.05, 0.1) is 6.54 Å². The number of pyridine rings is 1. The summed E-state index contributed by atoms with van der Waals surface area (Å²) < 4.78 is 42.7. The van der Waals surface area contributed by atoms with E-state index in [1.165, 1.54) is 16.7 Å². The number of ether oxygens (including phenoxy) is 1. The predicted octanol–water partition coefficient (Wildman–Crippen LogP) is 2.84. The maximum absolute atomic E-state index is 12.2. The molecule has 1 heterocycles. The molecule has 0 amide bonds. The van der Waals surface area contributed by atoms with E-state index < -0.39 is 12.8 Å². The topological polar surface area (TPSA) is 31.2 Å². The van der Waals surface area contributed by atoms with Crippen LogP contribution in [0.25, 0.3) is 0 Å². The third kappa shape index (κ3) is 3.88. The Morgan fingerprint density at radius 3 is 2.45 bits per heavy atom. The highest BCUT2D eigenvalue weighted by Crippen LogP contribution is 2.22. The third-order valence-electron chi connectivity index (χ3n) is 2.60. The highest BCUT2D eigenvalue weighted by molar-refractivity contribution is 5.33. The van der Waals surface area contributed by atoms with Gasteiger partial charge in [0, 0.05) is 17.8 Å². The van der Waals surface area contributed by atoms with E-state index in [0.29, 0.717) is 5.56 Å². The maximum Gasteiger partial charge on any atom is 0.422 e. The second kappa shape index (κ2) is 5.81. The second-order valence-corrected chi connectivity index (χ2v) is 4.18. The smallest absolute Gasteiger partial charge is 0.422 e. The third-order valence-corrected chi connectivity index (χ3v) is 2.60. The van der Waals surface area contributed by atoms with E-state index in [1.54, 1.807) is 36.5 Å². The van der Waals surface area contributed by atoms with Gasteiger partial charge in [0.15, 0.2) is 6.61 Å². The van der Waals surface area contributed by atoms with Gasteiger partial charge in [-0.2, -0.15) is 13.2 Å². The van der Waals surface area contributed by atoms with Gasteiger partial charge in [-0.15, -0.1) is 0 Å². The number of hydrogen-bond donors (Lipinski definition) is 0. The first kappa shape index (κ1) is 14.2. The molecular formula is C14H12F3NO2. The zero-order valence-electron chi connectivity index (χ0n) is 10.4. The molecule has 20 heavy (non-hydrogen) atoms. The summed E-state index contributed by atoms with van der Waals surface area (Å²) in [6, 6.07) is 11.0. The van der Waals surface area contributed by atoms with Crippen molar-refractivity contribution in [1.82, 2.24) is 4.57 Å². The summed E-state index contributed by atoms with van der Waals surface area (Å²) in [6.45, 7) is -1.19. The zero-order valence-corrected chi connectivity index (χ0v) is 10.4. The lowest BCUT2D eigenvalue weighted by atomic mass is 10.2. The number of hydrogen-bond acceptors (Lipinski definition) is 2. The standard InChI is InChI=1S/C14H12F3NO2/c15-14(16,17)10-20-12-6-2-1-5-11(12)9-18-8-4-3-7-13(18)19/h1-8H,9-10H2. The van der Waals surface area contributed by atoms with Crippen LogP contribution in [-0.2, 0) is 6.54 Å². The summed E-state index contributed by atoms with van der Waals surface area (Å²) in [4.78, 5) is 11.6. The summed E-state index contributed by atoms with van der Waals surface area (Å²) >= 11 is 0. The van der Waals surface area contributed by atoms with Crippen LogP contribution >= 0.6 is 0 Å². The number of nitrogens with zero attached hydrogens (tertiary/aromatic N) is 1. The fraction of sp³-hybridized carbons (Fsp3) is 0.214. The van der Waals surface area contributed by atoms with Crippen LogP contribution in [0, 0.1) is 0 Å². The van der Waals surface area contributed by atoms with E-state index in [2.05, 4.69) is 0 Å². The molecule has 0 saturated carbocycles. The Kier molecular flexibility index (Phi) is 4.12. The van der Waals surface area contributed by atoms with Crippen molar-refractivity contribution in [1.29, 1.82) is 0 Å². The largest absolute Gasteiger partial charge is 0.484 e. The zero-order chi connectivity index (χ0) is 14.6. The number of para-hydroxylation sites is 1. The number of rotatable bonds is 4. The second-order valence-electron chi connectivity index (χ2n) is 4.18. The lowest BCUT2D eigenvalue weighted by molar-refractivity contribution is -0.153. The van der Waals surface area contributed by atoms with Crippen LogP contribution in [0.1, 0.15) is 5.56 Å². The van der Waals surface area contributed by atoms with Gasteiger partial charge in [-0.3, -0.25) is 4.79 Å². The van der Waals surface area contributed by atoms with E-state index >= 15 is 0 Å². The lowest BCUT2D eigenvalue weighted by Crippen LogP contribution is -2.21. The Balaban J connectivity index is 2.20. The van der Waals surface area contributed by atoms with Crippen molar-refractivity contribution in [3.63, 3.8) is 0 Å². The van der Waals surface area contributed by atoms with Crippen molar-refractivity contribution < 1.29 is 17.9 Å². The van der Waals surface area contributed by atoms with Gasteiger partial charge in [0.25, 0.3) is 5.56 Å². The minimum Gasteiger partial charge on any atom is -0.484 e. The van der Waals surface area contributed by atoms with Gasteiger partial charge in [0.1, 0.15) is 5.75 Å². The molecule has 106 valence electrons. The Morgan fingerprint density at radius 1 is 1.05 bits per heavy atom. The van der Waals surface area contributed by atoms with Crippen LogP contribution in [0.3, 0.4) is 0 Å². The first-order valence-electron chi connectivity index (χ1n) is 5.89. The van der Waals surface area contributed by atoms with Crippen molar-refractivity contribution in [3.8, 4) is 5.75 Å². The molecule has 0 fully saturated rings. The molecular weight excluding hydrogens is 271 g/mol. The molecule has 1 aromatic heterocycles. The van der Waals surface area contributed by atoms with E-state index in [-0.39, 0.29) is 17.9 Å². The Labute approximate surface area is 113 Å². The molecule has 6 heteroatoms. The molecule has 0 unspecified atom stereocenters. The average molecular weight is 283 g/mol. The molecule has 0 aliphatic heterocycles. The monoisotopic (exact) mass is 283 g/mol. The van der Waals surface area contributed by atoms with Crippen LogP contribution < -0.4 is 10.3 Å². The molecule has 0 aliphatic carbocycles. The lowest BCUT2D eigenvalue weighted by Gasteiger charge is -2.13. The molecule has 0 aliphatic rings. The fourth-order valence-electron chi connectivity index (χ4n) is 1.71. The highest BCUT2D eigenvalue weighted by Gasteiger charge is 2.28. The molecule has 2 aromatic rings. The molecule has 3 nitrogen and oxygen atoms in total. The number of benzene rings is 1. The summed E-state index contributed by atoms with van der Waals surface area (Å²) in [7, 11) is 0. The number of halogens is 3. The van der Waals surface area contributed by atoms with Crippen LogP contribution in [0.15, 0.2) is 53.5 Å². The minimum atomic E-state index is -4.39. The van der Waals surface area contributed by atoms with Crippen molar-refractivity contribution in [2.75, 3.05) is 6.61 Å². The molecule has 0 atom stereocenters. The Morgan fingerprint density at radius 2 is 1.75 bits per heavy atom. The van der Waals surface area contributed by atoms with Crippen LogP contribution in [0.4, 0.5) is 13.2 Å². The predicted molar refractivity (Wildman–Crippen MR) is 67.8 cm³/mol. The molecule has 0 N–H and O–H groups in total. The van der Waals surface area contributed by atoms with Gasteiger partial charge in [-0.05, 0) is 12.1 Å². The fourth-order valence-corrected chi connectivity index (χ4v) is 1.71. The SMILES string of the molecule is O=c1ccccn1Cc1ccccc1OCC(F)(F)F. The van der Waals surface area contributed by atoms with Crippen LogP contribution in [0.2, 0.25) is 0 Å².